The lowest BCUT2D eigenvalue weighted by Crippen LogP contribution is -2.22. The SMILES string of the molecule is O=C1Cc2ccc(-c3ccc4c(c3)C(=O)OC4=O)cc2C(=O)O1. The number of carbonyl (C=O) groups is 4. The van der Waals surface area contributed by atoms with Gasteiger partial charge in [0.05, 0.1) is 23.1 Å². The molecule has 0 atom stereocenters. The van der Waals surface area contributed by atoms with Gasteiger partial charge in [0.15, 0.2) is 0 Å². The molecule has 0 amide bonds. The number of rotatable bonds is 1. The highest BCUT2D eigenvalue weighted by molar-refractivity contribution is 6.15. The van der Waals surface area contributed by atoms with Crippen molar-refractivity contribution in [2.24, 2.45) is 0 Å². The van der Waals surface area contributed by atoms with Crippen molar-refractivity contribution in [1.29, 1.82) is 0 Å². The van der Waals surface area contributed by atoms with Crippen LogP contribution in [0.2, 0.25) is 0 Å². The maximum Gasteiger partial charge on any atom is 0.346 e. The summed E-state index contributed by atoms with van der Waals surface area (Å²) in [5.74, 6) is -2.61. The average molecular weight is 308 g/mol. The van der Waals surface area contributed by atoms with Crippen molar-refractivity contribution in [2.45, 2.75) is 6.42 Å². The lowest BCUT2D eigenvalue weighted by atomic mass is 9.94. The Hall–Kier alpha value is -3.28. The Labute approximate surface area is 129 Å². The lowest BCUT2D eigenvalue weighted by molar-refractivity contribution is -0.137. The molecule has 23 heavy (non-hydrogen) atoms. The van der Waals surface area contributed by atoms with Crippen LogP contribution in [0.1, 0.15) is 36.6 Å². The molecule has 2 aliphatic heterocycles. The Morgan fingerprint density at radius 2 is 1.26 bits per heavy atom. The van der Waals surface area contributed by atoms with E-state index >= 15 is 0 Å². The van der Waals surface area contributed by atoms with Crippen molar-refractivity contribution < 1.29 is 28.7 Å². The van der Waals surface area contributed by atoms with Gasteiger partial charge in [0.2, 0.25) is 0 Å². The fourth-order valence-corrected chi connectivity index (χ4v) is 2.71. The largest absolute Gasteiger partial charge is 0.389 e. The van der Waals surface area contributed by atoms with E-state index in [9.17, 15) is 19.2 Å². The van der Waals surface area contributed by atoms with Gasteiger partial charge in [-0.1, -0.05) is 18.2 Å². The predicted molar refractivity (Wildman–Crippen MR) is 75.8 cm³/mol. The minimum absolute atomic E-state index is 0.0480. The van der Waals surface area contributed by atoms with Gasteiger partial charge in [-0.2, -0.15) is 0 Å². The molecule has 0 radical (unpaired) electrons. The van der Waals surface area contributed by atoms with Crippen LogP contribution in [0, 0.1) is 0 Å². The first-order chi connectivity index (χ1) is 11.0. The van der Waals surface area contributed by atoms with E-state index in [1.807, 2.05) is 0 Å². The molecule has 4 rings (SSSR count). The molecule has 0 fully saturated rings. The van der Waals surface area contributed by atoms with E-state index in [0.717, 1.165) is 0 Å². The third-order valence-electron chi connectivity index (χ3n) is 3.85. The second kappa shape index (κ2) is 4.61. The van der Waals surface area contributed by atoms with Crippen molar-refractivity contribution in [2.75, 3.05) is 0 Å². The fraction of sp³-hybridized carbons (Fsp3) is 0.0588. The molecule has 0 aliphatic carbocycles. The summed E-state index contributed by atoms with van der Waals surface area (Å²) in [5, 5.41) is 0. The van der Waals surface area contributed by atoms with Gasteiger partial charge in [-0.05, 0) is 34.9 Å². The van der Waals surface area contributed by atoms with Crippen LogP contribution in [0.15, 0.2) is 36.4 Å². The molecular weight excluding hydrogens is 300 g/mol. The van der Waals surface area contributed by atoms with Crippen LogP contribution in [0.25, 0.3) is 11.1 Å². The molecule has 0 unspecified atom stereocenters. The Balaban J connectivity index is 1.81. The van der Waals surface area contributed by atoms with Gasteiger partial charge < -0.3 is 9.47 Å². The smallest absolute Gasteiger partial charge is 0.346 e. The third-order valence-corrected chi connectivity index (χ3v) is 3.85. The molecule has 0 saturated carbocycles. The van der Waals surface area contributed by atoms with Gasteiger partial charge in [-0.25, -0.2) is 14.4 Å². The van der Waals surface area contributed by atoms with Gasteiger partial charge in [-0.15, -0.1) is 0 Å². The molecule has 0 N–H and O–H groups in total. The van der Waals surface area contributed by atoms with E-state index in [1.165, 1.54) is 6.07 Å². The summed E-state index contributed by atoms with van der Waals surface area (Å²) in [4.78, 5) is 46.1. The van der Waals surface area contributed by atoms with E-state index in [0.29, 0.717) is 22.3 Å². The van der Waals surface area contributed by atoms with Crippen LogP contribution in [0.4, 0.5) is 0 Å². The number of hydrogen-bond donors (Lipinski definition) is 0. The van der Waals surface area contributed by atoms with Gasteiger partial charge in [-0.3, -0.25) is 4.79 Å². The van der Waals surface area contributed by atoms with Crippen LogP contribution in [-0.4, -0.2) is 23.9 Å². The van der Waals surface area contributed by atoms with E-state index in [2.05, 4.69) is 9.47 Å². The van der Waals surface area contributed by atoms with Gasteiger partial charge in [0, 0.05) is 0 Å². The molecule has 112 valence electrons. The van der Waals surface area contributed by atoms with Crippen molar-refractivity contribution in [3.63, 3.8) is 0 Å². The highest BCUT2D eigenvalue weighted by Gasteiger charge is 2.30. The average Bonchev–Trinajstić information content (AvgIpc) is 2.81. The van der Waals surface area contributed by atoms with Crippen molar-refractivity contribution in [3.8, 4) is 11.1 Å². The summed E-state index contributed by atoms with van der Waals surface area (Å²) < 4.78 is 9.16. The van der Waals surface area contributed by atoms with Crippen molar-refractivity contribution >= 4 is 23.9 Å². The highest BCUT2D eigenvalue weighted by atomic mass is 16.6. The van der Waals surface area contributed by atoms with Crippen molar-refractivity contribution in [1.82, 2.24) is 0 Å². The second-order valence-corrected chi connectivity index (χ2v) is 5.25. The first-order valence-electron chi connectivity index (χ1n) is 6.82. The first-order valence-corrected chi connectivity index (χ1v) is 6.82. The monoisotopic (exact) mass is 308 g/mol. The maximum absolute atomic E-state index is 11.8. The highest BCUT2D eigenvalue weighted by Crippen LogP contribution is 2.29. The second-order valence-electron chi connectivity index (χ2n) is 5.25. The lowest BCUT2D eigenvalue weighted by Gasteiger charge is -2.15. The molecule has 2 heterocycles. The Kier molecular flexibility index (Phi) is 2.68. The molecule has 2 aromatic rings. The molecule has 6 nitrogen and oxygen atoms in total. The zero-order valence-corrected chi connectivity index (χ0v) is 11.6. The maximum atomic E-state index is 11.8. The summed E-state index contributed by atoms with van der Waals surface area (Å²) in [7, 11) is 0. The summed E-state index contributed by atoms with van der Waals surface area (Å²) >= 11 is 0. The summed E-state index contributed by atoms with van der Waals surface area (Å²) in [6.07, 6.45) is 0.0480. The fourth-order valence-electron chi connectivity index (χ4n) is 2.71. The number of fused-ring (bicyclic) bond motifs is 2. The van der Waals surface area contributed by atoms with E-state index in [1.54, 1.807) is 30.3 Å². The van der Waals surface area contributed by atoms with E-state index in [-0.39, 0.29) is 17.5 Å². The quantitative estimate of drug-likeness (QED) is 0.591. The Bertz CT molecular complexity index is 925. The number of hydrogen-bond acceptors (Lipinski definition) is 6. The van der Waals surface area contributed by atoms with Gasteiger partial charge in [0.25, 0.3) is 0 Å². The number of benzene rings is 2. The molecule has 0 aromatic heterocycles. The van der Waals surface area contributed by atoms with Crippen LogP contribution in [-0.2, 0) is 20.7 Å². The first kappa shape index (κ1) is 13.4. The van der Waals surface area contributed by atoms with Crippen LogP contribution in [0.5, 0.6) is 0 Å². The molecule has 0 saturated heterocycles. The topological polar surface area (TPSA) is 86.7 Å². The Morgan fingerprint density at radius 1 is 0.652 bits per heavy atom. The van der Waals surface area contributed by atoms with E-state index < -0.39 is 23.9 Å². The number of ether oxygens (including phenoxy) is 2. The van der Waals surface area contributed by atoms with Crippen molar-refractivity contribution in [3.05, 3.63) is 58.7 Å². The minimum Gasteiger partial charge on any atom is -0.389 e. The molecule has 0 spiro atoms. The summed E-state index contributed by atoms with van der Waals surface area (Å²) in [6.45, 7) is 0. The zero-order valence-electron chi connectivity index (χ0n) is 11.6. The number of cyclic esters (lactones) is 4. The number of carbonyl (C=O) groups excluding carboxylic acids is 4. The molecule has 2 aliphatic rings. The minimum atomic E-state index is -0.686. The third kappa shape index (κ3) is 2.03. The normalized spacial score (nSPS) is 15.8. The number of esters is 4. The Morgan fingerprint density at radius 3 is 2.04 bits per heavy atom. The predicted octanol–water partition coefficient (Wildman–Crippen LogP) is 1.90. The van der Waals surface area contributed by atoms with Gasteiger partial charge >= 0.3 is 23.9 Å². The van der Waals surface area contributed by atoms with Gasteiger partial charge in [0.1, 0.15) is 0 Å². The van der Waals surface area contributed by atoms with E-state index in [4.69, 9.17) is 0 Å². The zero-order chi connectivity index (χ0) is 16.1. The standard InChI is InChI=1S/C17H8O6/c18-14-7-10-2-1-8(5-12(10)16(20)22-14)9-3-4-11-13(6-9)17(21)23-15(11)19/h1-6H,7H2. The molecular formula is C17H8O6. The van der Waals surface area contributed by atoms with Crippen LogP contribution in [0.3, 0.4) is 0 Å². The molecule has 0 bridgehead atoms. The molecule has 6 heteroatoms. The van der Waals surface area contributed by atoms with Crippen LogP contribution >= 0.6 is 0 Å². The summed E-state index contributed by atoms with van der Waals surface area (Å²) in [5.41, 5.74) is 2.67. The molecule has 2 aromatic carbocycles. The van der Waals surface area contributed by atoms with Crippen LogP contribution < -0.4 is 0 Å². The summed E-state index contributed by atoms with van der Waals surface area (Å²) in [6, 6.07) is 9.75.